The number of nitrogens with zero attached hydrogens (tertiary/aromatic N) is 5. The first kappa shape index (κ1) is 29.0. The third kappa shape index (κ3) is 4.82. The van der Waals surface area contributed by atoms with Crippen molar-refractivity contribution in [2.45, 2.75) is 69.2 Å². The smallest absolute Gasteiger partial charge is 0.418 e. The van der Waals surface area contributed by atoms with Crippen molar-refractivity contribution in [1.82, 2.24) is 9.80 Å². The third-order valence-electron chi connectivity index (χ3n) is 9.64. The van der Waals surface area contributed by atoms with Crippen LogP contribution in [0.1, 0.15) is 50.2 Å². The van der Waals surface area contributed by atoms with E-state index in [1.54, 1.807) is 0 Å². The first-order chi connectivity index (χ1) is 20.4. The highest BCUT2D eigenvalue weighted by Crippen LogP contribution is 2.45. The van der Waals surface area contributed by atoms with E-state index >= 15 is 4.39 Å². The summed E-state index contributed by atoms with van der Waals surface area (Å²) < 4.78 is 85.9. The summed E-state index contributed by atoms with van der Waals surface area (Å²) in [5.41, 5.74) is 2.69. The molecule has 0 saturated carbocycles. The zero-order valence-electron chi connectivity index (χ0n) is 23.5. The van der Waals surface area contributed by atoms with Crippen LogP contribution in [0.25, 0.3) is 0 Å². The summed E-state index contributed by atoms with van der Waals surface area (Å²) in [5, 5.41) is -0.668. The van der Waals surface area contributed by atoms with E-state index < -0.39 is 57.7 Å². The Hall–Kier alpha value is -2.77. The Labute approximate surface area is 250 Å². The van der Waals surface area contributed by atoms with Gasteiger partial charge < -0.3 is 20.1 Å². The zero-order chi connectivity index (χ0) is 30.3. The van der Waals surface area contributed by atoms with E-state index in [9.17, 15) is 17.6 Å². The van der Waals surface area contributed by atoms with Gasteiger partial charge in [0.15, 0.2) is 12.1 Å². The van der Waals surface area contributed by atoms with Gasteiger partial charge in [0, 0.05) is 36.8 Å². The van der Waals surface area contributed by atoms with E-state index in [4.69, 9.17) is 31.8 Å². The lowest BCUT2D eigenvalue weighted by Gasteiger charge is -2.42. The van der Waals surface area contributed by atoms with E-state index in [-0.39, 0.29) is 42.6 Å². The quantitative estimate of drug-likeness (QED) is 0.361. The van der Waals surface area contributed by atoms with E-state index in [0.717, 1.165) is 44.4 Å². The summed E-state index contributed by atoms with van der Waals surface area (Å²) in [6, 6.07) is 1.94. The van der Waals surface area contributed by atoms with E-state index in [0.29, 0.717) is 25.3 Å². The first-order valence-corrected chi connectivity index (χ1v) is 15.0. The maximum absolute atomic E-state index is 16.6. The number of rotatable bonds is 3. The number of allylic oxidation sites excluding steroid dienone is 1. The highest BCUT2D eigenvalue weighted by molar-refractivity contribution is 6.32. The van der Waals surface area contributed by atoms with E-state index in [1.165, 1.54) is 0 Å². The topological polar surface area (TPSA) is 88.0 Å². The molecule has 7 rings (SSSR count). The van der Waals surface area contributed by atoms with Gasteiger partial charge in [-0.2, -0.15) is 23.2 Å². The molecule has 3 unspecified atom stereocenters. The molecule has 6 aliphatic rings. The maximum atomic E-state index is 16.6. The van der Waals surface area contributed by atoms with Gasteiger partial charge in [-0.15, -0.1) is 0 Å². The Kier molecular flexibility index (Phi) is 7.01. The van der Waals surface area contributed by atoms with Gasteiger partial charge in [-0.25, -0.2) is 13.8 Å². The molecule has 14 heteroatoms. The minimum absolute atomic E-state index is 0.0469. The normalized spacial score (nSPS) is 34.2. The minimum atomic E-state index is -4.91. The van der Waals surface area contributed by atoms with Gasteiger partial charge in [0.2, 0.25) is 0 Å². The van der Waals surface area contributed by atoms with Crippen LogP contribution >= 0.6 is 11.6 Å². The van der Waals surface area contributed by atoms with Crippen LogP contribution in [0.4, 0.5) is 27.6 Å². The largest absolute Gasteiger partial charge is 0.461 e. The number of hydrogen-bond acceptors (Lipinski definition) is 8. The standard InChI is InChI=1S/C29H32ClF5N6O2/c1-14-12-42-26-20-24(22(32)23(37-26)17-8-16(36)9-18(30)21(17)29(33,34)35)38-27(39-25(20)41-7-2-4-19(14)41)43-13-28-5-3-6-40(28)11-15(31)10-28/h8-9,14-15,19-20,26H,2-7,10-13,36H2,1H3/t14?,15-,19-,20?,26?,28+/m1/s1. The molecule has 0 spiro atoms. The molecular formula is C29H32ClF5N6O2. The molecule has 0 radical (unpaired) electrons. The molecule has 6 heterocycles. The zero-order valence-corrected chi connectivity index (χ0v) is 24.3. The molecule has 2 N–H and O–H groups in total. The predicted octanol–water partition coefficient (Wildman–Crippen LogP) is 5.36. The summed E-state index contributed by atoms with van der Waals surface area (Å²) >= 11 is 6.01. The fourth-order valence-electron chi connectivity index (χ4n) is 7.72. The molecule has 4 fully saturated rings. The van der Waals surface area contributed by atoms with Crippen LogP contribution in [0.3, 0.4) is 0 Å². The highest BCUT2D eigenvalue weighted by Gasteiger charge is 2.51. The Morgan fingerprint density at radius 2 is 2.02 bits per heavy atom. The lowest BCUT2D eigenvalue weighted by Crippen LogP contribution is -2.53. The number of alkyl halides is 4. The number of amidine groups is 2. The summed E-state index contributed by atoms with van der Waals surface area (Å²) in [6.07, 6.45) is -3.20. The molecule has 1 aromatic carbocycles. The fraction of sp³-hybridized carbons (Fsp3) is 0.621. The summed E-state index contributed by atoms with van der Waals surface area (Å²) in [6.45, 7) is 4.18. The van der Waals surface area contributed by atoms with Crippen LogP contribution in [0.5, 0.6) is 0 Å². The number of hydrogen-bond donors (Lipinski definition) is 1. The van der Waals surface area contributed by atoms with Crippen LogP contribution in [0, 0.1) is 11.8 Å². The fourth-order valence-corrected chi connectivity index (χ4v) is 8.06. The first-order valence-electron chi connectivity index (χ1n) is 14.7. The molecule has 43 heavy (non-hydrogen) atoms. The Morgan fingerprint density at radius 3 is 2.81 bits per heavy atom. The number of anilines is 1. The molecule has 4 saturated heterocycles. The maximum Gasteiger partial charge on any atom is 0.418 e. The minimum Gasteiger partial charge on any atom is -0.461 e. The van der Waals surface area contributed by atoms with Crippen molar-refractivity contribution in [2.75, 3.05) is 38.6 Å². The Bertz CT molecular complexity index is 1460. The monoisotopic (exact) mass is 626 g/mol. The summed E-state index contributed by atoms with van der Waals surface area (Å²) in [5.74, 6) is -1.43. The molecule has 0 aliphatic carbocycles. The molecular weight excluding hydrogens is 595 g/mol. The third-order valence-corrected chi connectivity index (χ3v) is 9.93. The Balaban J connectivity index is 1.34. The number of ether oxygens (including phenoxy) is 2. The molecule has 1 aromatic rings. The number of dihydropyridines is 1. The molecule has 6 atom stereocenters. The molecule has 0 amide bonds. The van der Waals surface area contributed by atoms with Gasteiger partial charge in [0.05, 0.1) is 28.4 Å². The average molecular weight is 627 g/mol. The van der Waals surface area contributed by atoms with Crippen molar-refractivity contribution in [3.8, 4) is 0 Å². The average Bonchev–Trinajstić information content (AvgIpc) is 3.63. The van der Waals surface area contributed by atoms with Crippen molar-refractivity contribution in [3.63, 3.8) is 0 Å². The number of aliphatic imine (C=N–C) groups is 3. The van der Waals surface area contributed by atoms with Crippen molar-refractivity contribution in [2.24, 2.45) is 26.8 Å². The molecule has 6 aliphatic heterocycles. The second kappa shape index (κ2) is 10.4. The van der Waals surface area contributed by atoms with Crippen molar-refractivity contribution in [3.05, 3.63) is 39.8 Å². The number of halogens is 6. The van der Waals surface area contributed by atoms with E-state index in [2.05, 4.69) is 19.8 Å². The SMILES string of the molecule is CC1COC2N=C(c3cc(N)cc(Cl)c3C(F)(F)F)C(F)=C3N=C(OC[C@@]45CCCN4C[C@H](F)C5)N=C(C32)N2CCC[C@H]12. The number of nitrogen functional groups attached to an aromatic ring is 1. The Morgan fingerprint density at radius 1 is 1.21 bits per heavy atom. The van der Waals surface area contributed by atoms with Crippen LogP contribution < -0.4 is 5.73 Å². The number of benzene rings is 1. The molecule has 0 aromatic heterocycles. The second-order valence-corrected chi connectivity index (χ2v) is 12.8. The molecule has 8 nitrogen and oxygen atoms in total. The van der Waals surface area contributed by atoms with Crippen LogP contribution in [-0.4, -0.2) is 84.2 Å². The summed E-state index contributed by atoms with van der Waals surface area (Å²) in [4.78, 5) is 17.8. The van der Waals surface area contributed by atoms with Gasteiger partial charge in [0.1, 0.15) is 30.2 Å². The number of fused-ring (bicyclic) bond motifs is 3. The summed E-state index contributed by atoms with van der Waals surface area (Å²) in [7, 11) is 0. The molecule has 232 valence electrons. The predicted molar refractivity (Wildman–Crippen MR) is 152 cm³/mol. The van der Waals surface area contributed by atoms with E-state index in [1.807, 2.05) is 6.92 Å². The lowest BCUT2D eigenvalue weighted by molar-refractivity contribution is -0.137. The van der Waals surface area contributed by atoms with Gasteiger partial charge in [0.25, 0.3) is 0 Å². The van der Waals surface area contributed by atoms with Crippen molar-refractivity contribution in [1.29, 1.82) is 0 Å². The second-order valence-electron chi connectivity index (χ2n) is 12.4. The number of nitrogens with two attached hydrogens (primary N) is 1. The lowest BCUT2D eigenvalue weighted by atomic mass is 9.89. The van der Waals surface area contributed by atoms with Gasteiger partial charge in [-0.05, 0) is 50.3 Å². The van der Waals surface area contributed by atoms with Crippen molar-refractivity contribution >= 4 is 34.9 Å². The van der Waals surface area contributed by atoms with Gasteiger partial charge in [-0.3, -0.25) is 4.90 Å². The van der Waals surface area contributed by atoms with Gasteiger partial charge >= 0.3 is 12.2 Å². The van der Waals surface area contributed by atoms with Crippen LogP contribution in [0.15, 0.2) is 38.6 Å². The van der Waals surface area contributed by atoms with Crippen molar-refractivity contribution < 1.29 is 31.4 Å². The van der Waals surface area contributed by atoms with Gasteiger partial charge in [-0.1, -0.05) is 18.5 Å². The highest BCUT2D eigenvalue weighted by atomic mass is 35.5. The molecule has 0 bridgehead atoms. The van der Waals surface area contributed by atoms with Crippen LogP contribution in [-0.2, 0) is 15.7 Å². The van der Waals surface area contributed by atoms with Crippen LogP contribution in [0.2, 0.25) is 5.02 Å².